The van der Waals surface area contributed by atoms with Gasteiger partial charge in [0, 0.05) is 38.3 Å². The fourth-order valence-corrected chi connectivity index (χ4v) is 3.87. The van der Waals surface area contributed by atoms with Crippen molar-refractivity contribution in [2.75, 3.05) is 31.5 Å². The molecule has 0 aliphatic carbocycles. The zero-order chi connectivity index (χ0) is 21.0. The monoisotopic (exact) mass is 412 g/mol. The quantitative estimate of drug-likeness (QED) is 0.468. The summed E-state index contributed by atoms with van der Waals surface area (Å²) < 4.78 is 0. The van der Waals surface area contributed by atoms with Crippen LogP contribution in [0.4, 0.5) is 5.82 Å². The van der Waals surface area contributed by atoms with Crippen LogP contribution in [-0.4, -0.2) is 51.9 Å². The number of nitrogens with one attached hydrogen (secondary N) is 3. The highest BCUT2D eigenvalue weighted by molar-refractivity contribution is 6.11. The van der Waals surface area contributed by atoms with Gasteiger partial charge in [0.05, 0.1) is 16.8 Å². The Kier molecular flexibility index (Phi) is 5.43. The second-order valence-corrected chi connectivity index (χ2v) is 7.65. The lowest BCUT2D eigenvalue weighted by Gasteiger charge is -2.26. The molecule has 1 aliphatic heterocycles. The predicted molar refractivity (Wildman–Crippen MR) is 122 cm³/mol. The third kappa shape index (κ3) is 4.33. The number of H-pyrrole nitrogens is 1. The number of pyridine rings is 1. The average Bonchev–Trinajstić information content (AvgIpc) is 3.25. The van der Waals surface area contributed by atoms with Crippen LogP contribution in [0.1, 0.15) is 16.1 Å². The number of nitrogens with zero attached hydrogens (tertiary/aromatic N) is 3. The van der Waals surface area contributed by atoms with Crippen LogP contribution in [-0.2, 0) is 6.54 Å². The lowest BCUT2D eigenvalue weighted by Crippen LogP contribution is -2.43. The fraction of sp³-hybridized carbons (Fsp3) is 0.208. The molecule has 31 heavy (non-hydrogen) atoms. The van der Waals surface area contributed by atoms with Crippen LogP contribution in [0.15, 0.2) is 66.7 Å². The number of fused-ring (bicyclic) bond motifs is 1. The highest BCUT2D eigenvalue weighted by Gasteiger charge is 2.16. The molecule has 0 saturated carbocycles. The van der Waals surface area contributed by atoms with Crippen molar-refractivity contribution in [3.05, 3.63) is 78.0 Å². The maximum absolute atomic E-state index is 13.1. The van der Waals surface area contributed by atoms with Gasteiger partial charge in [-0.05, 0) is 24.3 Å². The van der Waals surface area contributed by atoms with Crippen LogP contribution < -0.4 is 10.6 Å². The summed E-state index contributed by atoms with van der Waals surface area (Å²) in [5.41, 5.74) is 3.92. The average molecular weight is 412 g/mol. The van der Waals surface area contributed by atoms with E-state index in [-0.39, 0.29) is 5.91 Å². The van der Waals surface area contributed by atoms with Crippen molar-refractivity contribution < 1.29 is 4.79 Å². The number of imidazole rings is 1. The first-order valence-corrected chi connectivity index (χ1v) is 10.5. The van der Waals surface area contributed by atoms with E-state index < -0.39 is 0 Å². The Bertz CT molecular complexity index is 1200. The number of anilines is 1. The Hall–Kier alpha value is -3.55. The first kappa shape index (κ1) is 19.4. The van der Waals surface area contributed by atoms with Gasteiger partial charge in [-0.15, -0.1) is 0 Å². The summed E-state index contributed by atoms with van der Waals surface area (Å²) in [5, 5.41) is 6.30. The number of amides is 1. The molecular weight excluding hydrogens is 388 g/mol. The maximum Gasteiger partial charge on any atom is 0.259 e. The van der Waals surface area contributed by atoms with Crippen molar-refractivity contribution in [3.8, 4) is 11.4 Å². The molecule has 0 unspecified atom stereocenters. The summed E-state index contributed by atoms with van der Waals surface area (Å²) in [4.78, 5) is 28.1. The summed E-state index contributed by atoms with van der Waals surface area (Å²) in [6.45, 7) is 4.78. The molecular formula is C24H24N6O. The van der Waals surface area contributed by atoms with E-state index >= 15 is 0 Å². The minimum atomic E-state index is -0.219. The fourth-order valence-electron chi connectivity index (χ4n) is 3.87. The van der Waals surface area contributed by atoms with E-state index in [1.807, 2.05) is 60.7 Å². The number of carbonyl (C=O) groups excluding carboxylic acids is 1. The predicted octanol–water partition coefficient (Wildman–Crippen LogP) is 3.28. The molecule has 3 heterocycles. The highest BCUT2D eigenvalue weighted by Crippen LogP contribution is 2.23. The van der Waals surface area contributed by atoms with E-state index in [1.54, 1.807) is 6.07 Å². The Morgan fingerprint density at radius 1 is 0.935 bits per heavy atom. The van der Waals surface area contributed by atoms with Crippen molar-refractivity contribution in [2.24, 2.45) is 0 Å². The van der Waals surface area contributed by atoms with Crippen LogP contribution in [0.5, 0.6) is 0 Å². The van der Waals surface area contributed by atoms with Crippen molar-refractivity contribution in [1.29, 1.82) is 0 Å². The Balaban J connectivity index is 1.37. The van der Waals surface area contributed by atoms with Gasteiger partial charge in [-0.25, -0.2) is 9.97 Å². The number of para-hydroxylation sites is 1. The summed E-state index contributed by atoms with van der Waals surface area (Å²) in [5.74, 6) is 1.07. The van der Waals surface area contributed by atoms with Gasteiger partial charge in [-0.1, -0.05) is 42.5 Å². The van der Waals surface area contributed by atoms with E-state index in [0.717, 1.165) is 55.3 Å². The molecule has 7 heteroatoms. The molecule has 0 radical (unpaired) electrons. The number of aromatic amines is 1. The number of rotatable bonds is 5. The van der Waals surface area contributed by atoms with Gasteiger partial charge in [-0.3, -0.25) is 9.69 Å². The highest BCUT2D eigenvalue weighted by atomic mass is 16.1. The first-order valence-electron chi connectivity index (χ1n) is 10.5. The lowest BCUT2D eigenvalue weighted by molar-refractivity contribution is 0.102. The molecule has 4 aromatic rings. The van der Waals surface area contributed by atoms with Crippen molar-refractivity contribution in [3.63, 3.8) is 0 Å². The van der Waals surface area contributed by atoms with Crippen molar-refractivity contribution in [2.45, 2.75) is 6.54 Å². The molecule has 5 rings (SSSR count). The molecule has 1 amide bonds. The standard InChI is InChI=1S/C24H24N6O/c31-24(28-21-11-4-8-18(26-21)16-30-14-12-25-13-15-30)19-9-5-10-20-22(19)29-23(27-20)17-6-2-1-3-7-17/h1-11,25H,12-16H2,(H,27,29)(H,26,28,31). The van der Waals surface area contributed by atoms with E-state index in [0.29, 0.717) is 16.9 Å². The summed E-state index contributed by atoms with van der Waals surface area (Å²) >= 11 is 0. The summed E-state index contributed by atoms with van der Waals surface area (Å²) in [7, 11) is 0. The van der Waals surface area contributed by atoms with Gasteiger partial charge in [-0.2, -0.15) is 0 Å². The van der Waals surface area contributed by atoms with Crippen LogP contribution in [0.25, 0.3) is 22.4 Å². The molecule has 1 saturated heterocycles. The third-order valence-electron chi connectivity index (χ3n) is 5.45. The minimum absolute atomic E-state index is 0.219. The van der Waals surface area contributed by atoms with Crippen LogP contribution in [0, 0.1) is 0 Å². The van der Waals surface area contributed by atoms with Gasteiger partial charge in [0.1, 0.15) is 17.2 Å². The summed E-state index contributed by atoms with van der Waals surface area (Å²) in [6, 6.07) is 21.2. The van der Waals surface area contributed by atoms with Gasteiger partial charge >= 0.3 is 0 Å². The van der Waals surface area contributed by atoms with Gasteiger partial charge in [0.15, 0.2) is 0 Å². The Morgan fingerprint density at radius 3 is 2.58 bits per heavy atom. The molecule has 0 bridgehead atoms. The molecule has 156 valence electrons. The van der Waals surface area contributed by atoms with Crippen molar-refractivity contribution in [1.82, 2.24) is 25.2 Å². The first-order chi connectivity index (χ1) is 15.3. The van der Waals surface area contributed by atoms with E-state index in [4.69, 9.17) is 4.98 Å². The zero-order valence-electron chi connectivity index (χ0n) is 17.1. The normalized spacial score (nSPS) is 14.6. The molecule has 2 aromatic heterocycles. The second kappa shape index (κ2) is 8.67. The van der Waals surface area contributed by atoms with Crippen LogP contribution >= 0.6 is 0 Å². The van der Waals surface area contributed by atoms with E-state index in [9.17, 15) is 4.79 Å². The smallest absolute Gasteiger partial charge is 0.259 e. The van der Waals surface area contributed by atoms with Gasteiger partial charge in [0.25, 0.3) is 5.91 Å². The Morgan fingerprint density at radius 2 is 1.74 bits per heavy atom. The minimum Gasteiger partial charge on any atom is -0.338 e. The third-order valence-corrected chi connectivity index (χ3v) is 5.45. The number of hydrogen-bond acceptors (Lipinski definition) is 5. The van der Waals surface area contributed by atoms with Gasteiger partial charge in [0.2, 0.25) is 0 Å². The number of carbonyl (C=O) groups is 1. The molecule has 0 spiro atoms. The SMILES string of the molecule is O=C(Nc1cccc(CN2CCNCC2)n1)c1cccc2[nH]c(-c3ccccc3)nc12. The van der Waals surface area contributed by atoms with Crippen molar-refractivity contribution >= 4 is 22.8 Å². The molecule has 3 N–H and O–H groups in total. The molecule has 0 atom stereocenters. The van der Waals surface area contributed by atoms with E-state index in [2.05, 4.69) is 25.5 Å². The lowest BCUT2D eigenvalue weighted by atomic mass is 10.1. The number of piperazine rings is 1. The number of hydrogen-bond donors (Lipinski definition) is 3. The van der Waals surface area contributed by atoms with Gasteiger partial charge < -0.3 is 15.6 Å². The molecule has 1 fully saturated rings. The van der Waals surface area contributed by atoms with Crippen LogP contribution in [0.3, 0.4) is 0 Å². The van der Waals surface area contributed by atoms with Crippen LogP contribution in [0.2, 0.25) is 0 Å². The zero-order valence-corrected chi connectivity index (χ0v) is 17.1. The molecule has 2 aromatic carbocycles. The number of benzene rings is 2. The number of aromatic nitrogens is 3. The Labute approximate surface area is 180 Å². The summed E-state index contributed by atoms with van der Waals surface area (Å²) in [6.07, 6.45) is 0. The largest absolute Gasteiger partial charge is 0.338 e. The molecule has 1 aliphatic rings. The molecule has 7 nitrogen and oxygen atoms in total. The topological polar surface area (TPSA) is 85.9 Å². The maximum atomic E-state index is 13.1. The van der Waals surface area contributed by atoms with E-state index in [1.165, 1.54) is 0 Å². The second-order valence-electron chi connectivity index (χ2n) is 7.65.